The molecule has 8 heteroatoms. The van der Waals surface area contributed by atoms with Crippen LogP contribution in [0.3, 0.4) is 0 Å². The molecule has 1 aromatic heterocycles. The summed E-state index contributed by atoms with van der Waals surface area (Å²) in [5.41, 5.74) is 1.68. The van der Waals surface area contributed by atoms with Crippen molar-refractivity contribution in [1.82, 2.24) is 9.97 Å². The number of benzene rings is 2. The van der Waals surface area contributed by atoms with E-state index in [9.17, 15) is 14.0 Å². The molecule has 0 unspecified atom stereocenters. The average Bonchev–Trinajstić information content (AvgIpc) is 2.71. The molecule has 0 saturated carbocycles. The van der Waals surface area contributed by atoms with Crippen LogP contribution in [0.15, 0.2) is 60.9 Å². The molecule has 0 saturated heterocycles. The fourth-order valence-corrected chi connectivity index (χ4v) is 2.29. The number of ether oxygens (including phenoxy) is 1. The average molecular weight is 380 g/mol. The lowest BCUT2D eigenvalue weighted by molar-refractivity contribution is 0.0526. The Morgan fingerprint density at radius 2 is 1.64 bits per heavy atom. The molecular formula is C20H17FN4O3. The zero-order valence-electron chi connectivity index (χ0n) is 15.0. The number of halogens is 1. The fourth-order valence-electron chi connectivity index (χ4n) is 2.29. The van der Waals surface area contributed by atoms with Crippen molar-refractivity contribution in [2.24, 2.45) is 0 Å². The molecule has 142 valence electrons. The highest BCUT2D eigenvalue weighted by Crippen LogP contribution is 2.15. The lowest BCUT2D eigenvalue weighted by Gasteiger charge is -2.07. The first-order valence-electron chi connectivity index (χ1n) is 8.48. The van der Waals surface area contributed by atoms with Gasteiger partial charge in [-0.15, -0.1) is 0 Å². The second kappa shape index (κ2) is 8.72. The van der Waals surface area contributed by atoms with E-state index >= 15 is 0 Å². The summed E-state index contributed by atoms with van der Waals surface area (Å²) in [4.78, 5) is 32.1. The molecule has 1 amide bonds. The summed E-state index contributed by atoms with van der Waals surface area (Å²) in [7, 11) is 0. The summed E-state index contributed by atoms with van der Waals surface area (Å²) in [6, 6.07) is 12.1. The highest BCUT2D eigenvalue weighted by Gasteiger charge is 2.10. The van der Waals surface area contributed by atoms with Crippen molar-refractivity contribution in [3.63, 3.8) is 0 Å². The number of aromatic nitrogens is 2. The van der Waals surface area contributed by atoms with Crippen molar-refractivity contribution in [3.05, 3.63) is 78.0 Å². The first kappa shape index (κ1) is 19.0. The molecular weight excluding hydrogens is 363 g/mol. The predicted octanol–water partition coefficient (Wildman–Crippen LogP) is 3.79. The Hall–Kier alpha value is -3.81. The molecule has 7 nitrogen and oxygen atoms in total. The molecule has 0 fully saturated rings. The maximum Gasteiger partial charge on any atom is 0.338 e. The van der Waals surface area contributed by atoms with Gasteiger partial charge in [-0.2, -0.15) is 0 Å². The third kappa shape index (κ3) is 4.88. The molecule has 3 rings (SSSR count). The molecule has 0 aliphatic heterocycles. The maximum atomic E-state index is 12.9. The Labute approximate surface area is 160 Å². The zero-order chi connectivity index (χ0) is 19.9. The molecule has 2 N–H and O–H groups in total. The van der Waals surface area contributed by atoms with Crippen LogP contribution in [0.1, 0.15) is 27.8 Å². The molecule has 0 radical (unpaired) electrons. The third-order valence-corrected chi connectivity index (χ3v) is 3.66. The lowest BCUT2D eigenvalue weighted by Crippen LogP contribution is -2.14. The zero-order valence-corrected chi connectivity index (χ0v) is 15.0. The fraction of sp³-hybridized carbons (Fsp3) is 0.100. The Balaban J connectivity index is 1.61. The number of nitrogens with zero attached hydrogens (tertiary/aromatic N) is 2. The largest absolute Gasteiger partial charge is 0.462 e. The van der Waals surface area contributed by atoms with Crippen LogP contribution in [0.5, 0.6) is 0 Å². The van der Waals surface area contributed by atoms with Crippen LogP contribution in [0.25, 0.3) is 0 Å². The SMILES string of the molecule is CCOC(=O)c1ccc(NC(=O)c2cnc(Nc3ccc(F)cc3)cn2)cc1. The van der Waals surface area contributed by atoms with Crippen molar-refractivity contribution < 1.29 is 18.7 Å². The molecule has 2 aromatic carbocycles. The van der Waals surface area contributed by atoms with Crippen LogP contribution in [0.2, 0.25) is 0 Å². The molecule has 0 aliphatic rings. The summed E-state index contributed by atoms with van der Waals surface area (Å²) in [6.07, 6.45) is 2.73. The highest BCUT2D eigenvalue weighted by molar-refractivity contribution is 6.03. The molecule has 0 bridgehead atoms. The van der Waals surface area contributed by atoms with E-state index < -0.39 is 11.9 Å². The van der Waals surface area contributed by atoms with E-state index in [2.05, 4.69) is 20.6 Å². The van der Waals surface area contributed by atoms with Crippen molar-refractivity contribution in [2.45, 2.75) is 6.92 Å². The summed E-state index contributed by atoms with van der Waals surface area (Å²) in [5, 5.41) is 5.63. The van der Waals surface area contributed by atoms with Gasteiger partial charge >= 0.3 is 5.97 Å². The number of hydrogen-bond donors (Lipinski definition) is 2. The first-order valence-corrected chi connectivity index (χ1v) is 8.48. The van der Waals surface area contributed by atoms with Crippen molar-refractivity contribution in [1.29, 1.82) is 0 Å². The molecule has 0 aliphatic carbocycles. The number of esters is 1. The monoisotopic (exact) mass is 380 g/mol. The summed E-state index contributed by atoms with van der Waals surface area (Å²) < 4.78 is 17.8. The quantitative estimate of drug-likeness (QED) is 0.632. The molecule has 28 heavy (non-hydrogen) atoms. The van der Waals surface area contributed by atoms with Crippen LogP contribution in [0, 0.1) is 5.82 Å². The lowest BCUT2D eigenvalue weighted by atomic mass is 10.2. The van der Waals surface area contributed by atoms with Gasteiger partial charge in [0, 0.05) is 11.4 Å². The number of carbonyl (C=O) groups is 2. The molecule has 3 aromatic rings. The summed E-state index contributed by atoms with van der Waals surface area (Å²) in [5.74, 6) is -0.777. The van der Waals surface area contributed by atoms with E-state index in [-0.39, 0.29) is 11.5 Å². The highest BCUT2D eigenvalue weighted by atomic mass is 19.1. The van der Waals surface area contributed by atoms with E-state index in [0.29, 0.717) is 29.4 Å². The number of carbonyl (C=O) groups excluding carboxylic acids is 2. The van der Waals surface area contributed by atoms with E-state index in [4.69, 9.17) is 4.74 Å². The Kier molecular flexibility index (Phi) is 5.91. The summed E-state index contributed by atoms with van der Waals surface area (Å²) in [6.45, 7) is 2.02. The van der Waals surface area contributed by atoms with Gasteiger partial charge in [0.05, 0.1) is 24.6 Å². The topological polar surface area (TPSA) is 93.2 Å². The van der Waals surface area contributed by atoms with E-state index in [1.165, 1.54) is 24.5 Å². The molecule has 1 heterocycles. The van der Waals surface area contributed by atoms with Crippen molar-refractivity contribution >= 4 is 29.1 Å². The number of nitrogens with one attached hydrogen (secondary N) is 2. The van der Waals surface area contributed by atoms with Gasteiger partial charge < -0.3 is 15.4 Å². The van der Waals surface area contributed by atoms with Crippen LogP contribution < -0.4 is 10.6 Å². The predicted molar refractivity (Wildman–Crippen MR) is 102 cm³/mol. The van der Waals surface area contributed by atoms with Crippen LogP contribution in [0.4, 0.5) is 21.6 Å². The third-order valence-electron chi connectivity index (χ3n) is 3.66. The van der Waals surface area contributed by atoms with Gasteiger partial charge in [-0.25, -0.2) is 19.2 Å². The second-order valence-corrected chi connectivity index (χ2v) is 5.67. The Bertz CT molecular complexity index is 958. The summed E-state index contributed by atoms with van der Waals surface area (Å²) >= 11 is 0. The van der Waals surface area contributed by atoms with Gasteiger partial charge in [0.15, 0.2) is 0 Å². The van der Waals surface area contributed by atoms with Crippen LogP contribution in [-0.4, -0.2) is 28.5 Å². The standard InChI is InChI=1S/C20H17FN4O3/c1-2-28-20(27)13-3-7-16(8-4-13)25-19(26)17-11-23-18(12-22-17)24-15-9-5-14(21)6-10-15/h3-12H,2H2,1H3,(H,23,24)(H,25,26). The van der Waals surface area contributed by atoms with Crippen molar-refractivity contribution in [2.75, 3.05) is 17.2 Å². The van der Waals surface area contributed by atoms with Gasteiger partial charge in [0.2, 0.25) is 0 Å². The molecule has 0 atom stereocenters. The van der Waals surface area contributed by atoms with Gasteiger partial charge in [0.25, 0.3) is 5.91 Å². The number of hydrogen-bond acceptors (Lipinski definition) is 6. The second-order valence-electron chi connectivity index (χ2n) is 5.67. The van der Waals surface area contributed by atoms with E-state index in [1.807, 2.05) is 0 Å². The normalized spacial score (nSPS) is 10.2. The Morgan fingerprint density at radius 1 is 0.964 bits per heavy atom. The minimum Gasteiger partial charge on any atom is -0.462 e. The smallest absolute Gasteiger partial charge is 0.338 e. The minimum atomic E-state index is -0.440. The number of anilines is 3. The molecule has 0 spiro atoms. The Morgan fingerprint density at radius 3 is 2.25 bits per heavy atom. The number of amides is 1. The first-order chi connectivity index (χ1) is 13.5. The van der Waals surface area contributed by atoms with Gasteiger partial charge in [-0.05, 0) is 55.5 Å². The van der Waals surface area contributed by atoms with Gasteiger partial charge in [0.1, 0.15) is 17.3 Å². The van der Waals surface area contributed by atoms with Crippen molar-refractivity contribution in [3.8, 4) is 0 Å². The number of rotatable bonds is 6. The van der Waals surface area contributed by atoms with Gasteiger partial charge in [-0.1, -0.05) is 0 Å². The van der Waals surface area contributed by atoms with Crippen LogP contribution >= 0.6 is 0 Å². The van der Waals surface area contributed by atoms with E-state index in [0.717, 1.165) is 0 Å². The maximum absolute atomic E-state index is 12.9. The van der Waals surface area contributed by atoms with Gasteiger partial charge in [-0.3, -0.25) is 4.79 Å². The van der Waals surface area contributed by atoms with E-state index in [1.54, 1.807) is 43.3 Å². The van der Waals surface area contributed by atoms with Crippen LogP contribution in [-0.2, 0) is 4.74 Å². The minimum absolute atomic E-state index is 0.124.